The maximum Gasteiger partial charge on any atom is 0.193 e. The van der Waals surface area contributed by atoms with Gasteiger partial charge in [0.1, 0.15) is 12.2 Å². The summed E-state index contributed by atoms with van der Waals surface area (Å²) >= 11 is 0. The molecule has 42 heavy (non-hydrogen) atoms. The molecule has 0 bridgehead atoms. The molecule has 0 saturated heterocycles. The topological polar surface area (TPSA) is 18.5 Å². The van der Waals surface area contributed by atoms with E-state index in [4.69, 9.17) is 8.85 Å². The second kappa shape index (κ2) is 18.6. The Morgan fingerprint density at radius 2 is 0.690 bits per heavy atom. The van der Waals surface area contributed by atoms with Gasteiger partial charge in [0.05, 0.1) is 0 Å². The van der Waals surface area contributed by atoms with E-state index in [1.54, 1.807) is 0 Å². The van der Waals surface area contributed by atoms with Crippen LogP contribution in [0.5, 0.6) is 0 Å². The summed E-state index contributed by atoms with van der Waals surface area (Å²) in [7, 11) is -3.99. The average Bonchev–Trinajstić information content (AvgIpc) is 3.03. The molecule has 0 heterocycles. The zero-order chi connectivity index (χ0) is 30.3. The third-order valence-electron chi connectivity index (χ3n) is 9.77. The first kappa shape index (κ1) is 35.3. The van der Waals surface area contributed by atoms with Gasteiger partial charge in [-0.1, -0.05) is 167 Å². The Labute approximate surface area is 262 Å². The molecule has 236 valence electrons. The fourth-order valence-corrected chi connectivity index (χ4v) is 17.0. The number of benzene rings is 2. The molecule has 2 atom stereocenters. The van der Waals surface area contributed by atoms with Gasteiger partial charge in [-0.15, -0.1) is 0 Å². The van der Waals surface area contributed by atoms with E-state index in [1.165, 1.54) is 136 Å². The van der Waals surface area contributed by atoms with E-state index in [0.29, 0.717) is 0 Å². The smallest absolute Gasteiger partial charge is 0.193 e. The Balaban J connectivity index is 2.18. The Kier molecular flexibility index (Phi) is 15.6. The quantitative estimate of drug-likeness (QED) is 0.124. The van der Waals surface area contributed by atoms with E-state index in [0.717, 1.165) is 0 Å². The van der Waals surface area contributed by atoms with Crippen LogP contribution in [0.1, 0.15) is 142 Å². The van der Waals surface area contributed by atoms with Crippen LogP contribution in [0.2, 0.25) is 36.3 Å². The van der Waals surface area contributed by atoms with E-state index in [1.807, 2.05) is 0 Å². The Bertz CT molecular complexity index is 897. The summed E-state index contributed by atoms with van der Waals surface area (Å²) in [5.41, 5.74) is 5.49. The van der Waals surface area contributed by atoms with Gasteiger partial charge in [-0.3, -0.25) is 0 Å². The largest absolute Gasteiger partial charge is 0.407 e. The summed E-state index contributed by atoms with van der Waals surface area (Å²) in [5.74, 6) is 0. The highest BCUT2D eigenvalue weighted by Gasteiger charge is 2.46. The maximum absolute atomic E-state index is 7.88. The van der Waals surface area contributed by atoms with Gasteiger partial charge in [-0.25, -0.2) is 0 Å². The summed E-state index contributed by atoms with van der Waals surface area (Å²) in [6.45, 7) is 14.1. The monoisotopic (exact) mass is 608 g/mol. The molecule has 2 unspecified atom stereocenters. The second-order valence-corrected chi connectivity index (χ2v) is 21.4. The summed E-state index contributed by atoms with van der Waals surface area (Å²) in [5, 5.41) is 0. The van der Waals surface area contributed by atoms with Crippen molar-refractivity contribution < 1.29 is 8.85 Å². The fraction of sp³-hybridized carbons (Fsp3) is 0.684. The van der Waals surface area contributed by atoms with Crippen LogP contribution in [0.15, 0.2) is 48.5 Å². The van der Waals surface area contributed by atoms with Gasteiger partial charge in [0.15, 0.2) is 16.6 Å². The molecule has 2 nitrogen and oxygen atoms in total. The zero-order valence-corrected chi connectivity index (χ0v) is 30.3. The van der Waals surface area contributed by atoms with Crippen molar-refractivity contribution in [2.75, 3.05) is 0 Å². The predicted molar refractivity (Wildman–Crippen MR) is 189 cm³/mol. The molecule has 0 amide bonds. The maximum atomic E-state index is 7.88. The van der Waals surface area contributed by atoms with Crippen molar-refractivity contribution in [1.82, 2.24) is 0 Å². The summed E-state index contributed by atoms with van der Waals surface area (Å²) in [6.07, 6.45) is 15.3. The highest BCUT2D eigenvalue weighted by molar-refractivity contribution is 6.74. The molecular weight excluding hydrogens is 545 g/mol. The lowest BCUT2D eigenvalue weighted by Crippen LogP contribution is -2.45. The van der Waals surface area contributed by atoms with Gasteiger partial charge in [-0.2, -0.15) is 0 Å². The molecular formula is C38H64O2Si2. The standard InChI is InChI=1S/C38H64O2Si2/c1-7-13-27-41(28-14-8-2,29-15-9-3)39-37-35-25-21-19-23-33(35)34-24-20-22-26-36(34)38(37)40-42(30-16-10-4,31-17-11-5)32-18-12-6/h19-26,37-38H,7-18,27-32H2,1-6H3. The number of hydrogen-bond acceptors (Lipinski definition) is 2. The van der Waals surface area contributed by atoms with E-state index >= 15 is 0 Å². The first-order valence-corrected chi connectivity index (χ1v) is 23.1. The first-order valence-electron chi connectivity index (χ1n) is 18.1. The van der Waals surface area contributed by atoms with Crippen molar-refractivity contribution in [3.8, 4) is 11.1 Å². The van der Waals surface area contributed by atoms with Crippen molar-refractivity contribution in [3.05, 3.63) is 59.7 Å². The van der Waals surface area contributed by atoms with E-state index < -0.39 is 16.6 Å². The highest BCUT2D eigenvalue weighted by Crippen LogP contribution is 2.52. The van der Waals surface area contributed by atoms with Crippen LogP contribution >= 0.6 is 0 Å². The van der Waals surface area contributed by atoms with E-state index in [9.17, 15) is 0 Å². The molecule has 0 N–H and O–H groups in total. The van der Waals surface area contributed by atoms with Gasteiger partial charge in [-0.05, 0) is 58.5 Å². The molecule has 2 aromatic carbocycles. The number of hydrogen-bond donors (Lipinski definition) is 0. The normalized spacial score (nSPS) is 16.8. The van der Waals surface area contributed by atoms with Crippen molar-refractivity contribution >= 4 is 16.6 Å². The van der Waals surface area contributed by atoms with Crippen molar-refractivity contribution in [1.29, 1.82) is 0 Å². The van der Waals surface area contributed by atoms with Gasteiger partial charge in [0.2, 0.25) is 0 Å². The zero-order valence-electron chi connectivity index (χ0n) is 28.3. The third kappa shape index (κ3) is 9.40. The van der Waals surface area contributed by atoms with Crippen LogP contribution in [0, 0.1) is 0 Å². The minimum atomic E-state index is -1.99. The molecule has 0 radical (unpaired) electrons. The van der Waals surface area contributed by atoms with Gasteiger partial charge in [0.25, 0.3) is 0 Å². The van der Waals surface area contributed by atoms with Crippen LogP contribution in [-0.2, 0) is 8.85 Å². The first-order chi connectivity index (χ1) is 20.5. The highest BCUT2D eigenvalue weighted by atomic mass is 28.4. The van der Waals surface area contributed by atoms with E-state index in [-0.39, 0.29) is 12.2 Å². The lowest BCUT2D eigenvalue weighted by atomic mass is 9.82. The molecule has 4 heteroatoms. The molecule has 0 saturated carbocycles. The van der Waals surface area contributed by atoms with Gasteiger partial charge < -0.3 is 8.85 Å². The number of rotatable bonds is 22. The van der Waals surface area contributed by atoms with Crippen LogP contribution < -0.4 is 0 Å². The second-order valence-electron chi connectivity index (χ2n) is 13.2. The van der Waals surface area contributed by atoms with Crippen molar-refractivity contribution in [3.63, 3.8) is 0 Å². The molecule has 1 aliphatic rings. The molecule has 3 rings (SSSR count). The molecule has 1 aliphatic carbocycles. The lowest BCUT2D eigenvalue weighted by molar-refractivity contribution is 0.0334. The Morgan fingerprint density at radius 1 is 0.429 bits per heavy atom. The SMILES string of the molecule is CCCC[Si](CCCC)(CCCC)OC1c2ccccc2-c2ccccc2C1O[Si](CCCC)(CCCC)CCCC. The van der Waals surface area contributed by atoms with Crippen molar-refractivity contribution in [2.45, 2.75) is 167 Å². The molecule has 0 aromatic heterocycles. The molecule has 2 aromatic rings. The van der Waals surface area contributed by atoms with E-state index in [2.05, 4.69) is 90.1 Å². The average molecular weight is 609 g/mol. The van der Waals surface area contributed by atoms with Gasteiger partial charge >= 0.3 is 0 Å². The molecule has 0 aliphatic heterocycles. The summed E-state index contributed by atoms with van der Waals surface area (Å²) in [6, 6.07) is 26.1. The van der Waals surface area contributed by atoms with Crippen LogP contribution in [0.25, 0.3) is 11.1 Å². The summed E-state index contributed by atoms with van der Waals surface area (Å²) in [4.78, 5) is 0. The van der Waals surface area contributed by atoms with Crippen LogP contribution in [0.3, 0.4) is 0 Å². The minimum Gasteiger partial charge on any atom is -0.407 e. The molecule has 0 fully saturated rings. The van der Waals surface area contributed by atoms with Crippen molar-refractivity contribution in [2.24, 2.45) is 0 Å². The minimum absolute atomic E-state index is 0.00471. The Morgan fingerprint density at radius 3 is 0.952 bits per heavy atom. The third-order valence-corrected chi connectivity index (χ3v) is 18.9. The summed E-state index contributed by atoms with van der Waals surface area (Å²) < 4.78 is 15.8. The van der Waals surface area contributed by atoms with Gasteiger partial charge in [0, 0.05) is 0 Å². The molecule has 0 spiro atoms. The number of unbranched alkanes of at least 4 members (excludes halogenated alkanes) is 6. The lowest BCUT2D eigenvalue weighted by Gasteiger charge is -2.46. The van der Waals surface area contributed by atoms with Crippen LogP contribution in [-0.4, -0.2) is 16.6 Å². The predicted octanol–water partition coefficient (Wildman–Crippen LogP) is 13.2. The Hall–Kier alpha value is -1.21. The fourth-order valence-electron chi connectivity index (χ4n) is 7.19. The number of fused-ring (bicyclic) bond motifs is 3. The van der Waals surface area contributed by atoms with Crippen LogP contribution in [0.4, 0.5) is 0 Å².